The molecular weight excluding hydrogens is 271 g/mol. The van der Waals surface area contributed by atoms with Crippen LogP contribution in [0.25, 0.3) is 0 Å². The molecule has 20 heavy (non-hydrogen) atoms. The lowest BCUT2D eigenvalue weighted by Gasteiger charge is -2.23. The summed E-state index contributed by atoms with van der Waals surface area (Å²) in [5, 5.41) is 19.3. The molecule has 2 heterocycles. The molecule has 1 aliphatic rings. The molecule has 0 amide bonds. The molecule has 0 saturated carbocycles. The van der Waals surface area contributed by atoms with E-state index in [1.165, 1.54) is 6.92 Å². The molecule has 0 aliphatic carbocycles. The number of nitrogens with two attached hydrogens (primary N) is 1. The van der Waals surface area contributed by atoms with Crippen LogP contribution in [0.2, 0.25) is 0 Å². The quantitative estimate of drug-likeness (QED) is 0.547. The van der Waals surface area contributed by atoms with Crippen molar-refractivity contribution in [3.05, 3.63) is 16.8 Å². The summed E-state index contributed by atoms with van der Waals surface area (Å²) < 4.78 is 20.6. The van der Waals surface area contributed by atoms with Crippen molar-refractivity contribution in [1.82, 2.24) is 14.5 Å². The monoisotopic (exact) mass is 284 g/mol. The maximum absolute atomic E-state index is 14.7. The number of rotatable bonds is 2. The van der Waals surface area contributed by atoms with Crippen LogP contribution in [0.15, 0.2) is 11.1 Å². The Morgan fingerprint density at radius 1 is 1.75 bits per heavy atom. The van der Waals surface area contributed by atoms with Crippen molar-refractivity contribution in [3.63, 3.8) is 0 Å². The van der Waals surface area contributed by atoms with Gasteiger partial charge in [-0.15, -0.1) is 6.42 Å². The molecule has 0 aromatic carbocycles. The standard InChI is InChI=1S/C11H13FN4O4/c1-3-11(12)7(18)6(5(2)17)20-8(11)16-4-14-9(13)15-10(16)19/h1,4-8,17-18H,2H3,(H2,13,15,19)/t5-,6-,7?,8-,11-/m1/s1. The topological polar surface area (TPSA) is 123 Å². The fraction of sp³-hybridized carbons (Fsp3) is 0.545. The number of aliphatic hydroxyl groups excluding tert-OH is 2. The van der Waals surface area contributed by atoms with Gasteiger partial charge in [0.05, 0.1) is 6.10 Å². The summed E-state index contributed by atoms with van der Waals surface area (Å²) in [4.78, 5) is 18.6. The first-order valence-corrected chi connectivity index (χ1v) is 5.70. The van der Waals surface area contributed by atoms with Crippen LogP contribution in [-0.2, 0) is 4.74 Å². The van der Waals surface area contributed by atoms with Crippen LogP contribution in [0.4, 0.5) is 10.3 Å². The molecule has 1 aliphatic heterocycles. The molecule has 1 aromatic heterocycles. The molecule has 0 spiro atoms. The van der Waals surface area contributed by atoms with Gasteiger partial charge in [0, 0.05) is 0 Å². The van der Waals surface area contributed by atoms with Gasteiger partial charge >= 0.3 is 5.69 Å². The third-order valence-corrected chi connectivity index (χ3v) is 3.08. The molecule has 0 radical (unpaired) electrons. The fourth-order valence-corrected chi connectivity index (χ4v) is 2.03. The van der Waals surface area contributed by atoms with Crippen LogP contribution in [0.3, 0.4) is 0 Å². The predicted molar refractivity (Wildman–Crippen MR) is 65.0 cm³/mol. The van der Waals surface area contributed by atoms with E-state index in [1.54, 1.807) is 5.92 Å². The molecule has 4 N–H and O–H groups in total. The summed E-state index contributed by atoms with van der Waals surface area (Å²) in [5.74, 6) is 1.48. The maximum atomic E-state index is 14.7. The summed E-state index contributed by atoms with van der Waals surface area (Å²) in [7, 11) is 0. The fourth-order valence-electron chi connectivity index (χ4n) is 2.03. The van der Waals surface area contributed by atoms with Crippen LogP contribution in [0.1, 0.15) is 13.2 Å². The number of hydrogen-bond donors (Lipinski definition) is 3. The molecule has 1 unspecified atom stereocenters. The number of alkyl halides is 1. The van der Waals surface area contributed by atoms with E-state index >= 15 is 0 Å². The van der Waals surface area contributed by atoms with Gasteiger partial charge in [0.15, 0.2) is 6.23 Å². The molecular formula is C11H13FN4O4. The zero-order valence-corrected chi connectivity index (χ0v) is 10.5. The third-order valence-electron chi connectivity index (χ3n) is 3.08. The number of hydrogen-bond acceptors (Lipinski definition) is 7. The number of ether oxygens (including phenoxy) is 1. The zero-order valence-electron chi connectivity index (χ0n) is 10.5. The van der Waals surface area contributed by atoms with Gasteiger partial charge < -0.3 is 20.7 Å². The largest absolute Gasteiger partial charge is 0.391 e. The summed E-state index contributed by atoms with van der Waals surface area (Å²) in [5.41, 5.74) is 1.59. The van der Waals surface area contributed by atoms with Gasteiger partial charge in [-0.2, -0.15) is 4.98 Å². The predicted octanol–water partition coefficient (Wildman–Crippen LogP) is -1.80. The molecule has 5 atom stereocenters. The Labute approximate surface area is 113 Å². The second-order valence-corrected chi connectivity index (χ2v) is 4.46. The van der Waals surface area contributed by atoms with Crippen molar-refractivity contribution < 1.29 is 19.3 Å². The SMILES string of the molecule is C#C[C@@]1(F)C(O)[C@@H]([C@@H](C)O)O[C@H]1n1cnc(N)nc1=O. The van der Waals surface area contributed by atoms with E-state index in [4.69, 9.17) is 16.9 Å². The molecule has 8 nitrogen and oxygen atoms in total. The molecule has 108 valence electrons. The first kappa shape index (κ1) is 14.4. The second-order valence-electron chi connectivity index (χ2n) is 4.46. The Morgan fingerprint density at radius 2 is 2.40 bits per heavy atom. The molecule has 2 rings (SSSR count). The minimum atomic E-state index is -2.70. The normalized spacial score (nSPS) is 34.6. The Bertz CT molecular complexity index is 613. The van der Waals surface area contributed by atoms with Gasteiger partial charge in [0.25, 0.3) is 0 Å². The summed E-state index contributed by atoms with van der Waals surface area (Å²) in [6, 6.07) is 0. The summed E-state index contributed by atoms with van der Waals surface area (Å²) in [6.45, 7) is 1.30. The lowest BCUT2D eigenvalue weighted by atomic mass is 9.95. The molecule has 1 aromatic rings. The Balaban J connectivity index is 2.50. The van der Waals surface area contributed by atoms with Crippen LogP contribution in [-0.4, -0.2) is 48.7 Å². The van der Waals surface area contributed by atoms with Crippen molar-refractivity contribution in [2.75, 3.05) is 5.73 Å². The summed E-state index contributed by atoms with van der Waals surface area (Å²) >= 11 is 0. The Kier molecular flexibility index (Phi) is 3.47. The number of aliphatic hydroxyl groups is 2. The van der Waals surface area contributed by atoms with Crippen LogP contribution in [0.5, 0.6) is 0 Å². The average Bonchev–Trinajstić information content (AvgIpc) is 2.64. The maximum Gasteiger partial charge on any atom is 0.354 e. The number of nitrogens with zero attached hydrogens (tertiary/aromatic N) is 3. The van der Waals surface area contributed by atoms with Gasteiger partial charge in [0.1, 0.15) is 18.5 Å². The van der Waals surface area contributed by atoms with E-state index in [9.17, 15) is 19.4 Å². The van der Waals surface area contributed by atoms with Crippen LogP contribution in [0, 0.1) is 12.3 Å². The van der Waals surface area contributed by atoms with E-state index in [0.29, 0.717) is 4.57 Å². The number of terminal acetylenes is 1. The number of anilines is 1. The van der Waals surface area contributed by atoms with Crippen molar-refractivity contribution in [2.45, 2.75) is 37.1 Å². The van der Waals surface area contributed by atoms with Crippen LogP contribution >= 0.6 is 0 Å². The van der Waals surface area contributed by atoms with E-state index in [2.05, 4.69) is 9.97 Å². The highest BCUT2D eigenvalue weighted by Gasteiger charge is 2.59. The van der Waals surface area contributed by atoms with Gasteiger partial charge in [-0.1, -0.05) is 5.92 Å². The van der Waals surface area contributed by atoms with Crippen molar-refractivity contribution in [2.24, 2.45) is 0 Å². The van der Waals surface area contributed by atoms with E-state index < -0.39 is 35.9 Å². The smallest absolute Gasteiger partial charge is 0.354 e. The van der Waals surface area contributed by atoms with E-state index in [0.717, 1.165) is 6.33 Å². The van der Waals surface area contributed by atoms with Gasteiger partial charge in [-0.05, 0) is 6.92 Å². The number of nitrogen functional groups attached to an aromatic ring is 1. The van der Waals surface area contributed by atoms with Gasteiger partial charge in [-0.25, -0.2) is 14.2 Å². The first-order valence-electron chi connectivity index (χ1n) is 5.70. The van der Waals surface area contributed by atoms with Crippen LogP contribution < -0.4 is 11.4 Å². The lowest BCUT2D eigenvalue weighted by molar-refractivity contribution is -0.0806. The Hall–Kier alpha value is -2.02. The Morgan fingerprint density at radius 3 is 2.90 bits per heavy atom. The van der Waals surface area contributed by atoms with Gasteiger partial charge in [-0.3, -0.25) is 4.57 Å². The average molecular weight is 284 g/mol. The minimum Gasteiger partial charge on any atom is -0.391 e. The zero-order chi connectivity index (χ0) is 15.1. The molecule has 9 heteroatoms. The lowest BCUT2D eigenvalue weighted by Crippen LogP contribution is -2.45. The van der Waals surface area contributed by atoms with Gasteiger partial charge in [0.2, 0.25) is 11.6 Å². The first-order chi connectivity index (χ1) is 9.31. The molecule has 1 fully saturated rings. The minimum absolute atomic E-state index is 0.290. The second kappa shape index (κ2) is 4.82. The van der Waals surface area contributed by atoms with Crippen molar-refractivity contribution in [1.29, 1.82) is 0 Å². The highest BCUT2D eigenvalue weighted by molar-refractivity contribution is 5.20. The highest BCUT2D eigenvalue weighted by atomic mass is 19.1. The number of halogens is 1. The number of aromatic nitrogens is 3. The highest BCUT2D eigenvalue weighted by Crippen LogP contribution is 2.41. The third kappa shape index (κ3) is 2.03. The van der Waals surface area contributed by atoms with Crippen molar-refractivity contribution >= 4 is 5.95 Å². The summed E-state index contributed by atoms with van der Waals surface area (Å²) in [6.07, 6.45) is 0.0775. The van der Waals surface area contributed by atoms with E-state index in [-0.39, 0.29) is 5.95 Å². The van der Waals surface area contributed by atoms with Crippen molar-refractivity contribution in [3.8, 4) is 12.3 Å². The molecule has 1 saturated heterocycles. The van der Waals surface area contributed by atoms with E-state index in [1.807, 2.05) is 0 Å². The molecule has 0 bridgehead atoms.